The molecule has 2 fully saturated rings. The molecular formula is C17H21ClN4O3S. The Morgan fingerprint density at radius 3 is 2.73 bits per heavy atom. The van der Waals surface area contributed by atoms with E-state index in [2.05, 4.69) is 19.9 Å². The summed E-state index contributed by atoms with van der Waals surface area (Å²) in [6.45, 7) is 4.08. The van der Waals surface area contributed by atoms with E-state index in [4.69, 9.17) is 16.1 Å². The zero-order valence-electron chi connectivity index (χ0n) is 14.3. The van der Waals surface area contributed by atoms with Gasteiger partial charge in [0.2, 0.25) is 11.7 Å². The Kier molecular flexibility index (Phi) is 5.00. The van der Waals surface area contributed by atoms with Crippen LogP contribution in [0.2, 0.25) is 5.02 Å². The number of hydrogen-bond acceptors (Lipinski definition) is 7. The summed E-state index contributed by atoms with van der Waals surface area (Å²) in [4.78, 5) is 9.02. The minimum Gasteiger partial charge on any atom is -0.338 e. The number of nitrogens with zero attached hydrogens (tertiary/aromatic N) is 4. The quantitative estimate of drug-likeness (QED) is 0.778. The number of benzene rings is 1. The van der Waals surface area contributed by atoms with Crippen LogP contribution in [0.5, 0.6) is 0 Å². The summed E-state index contributed by atoms with van der Waals surface area (Å²) in [6.07, 6.45) is 0.759. The van der Waals surface area contributed by atoms with Gasteiger partial charge in [0.15, 0.2) is 9.84 Å². The highest BCUT2D eigenvalue weighted by molar-refractivity contribution is 7.91. The topological polar surface area (TPSA) is 79.5 Å². The van der Waals surface area contributed by atoms with E-state index >= 15 is 0 Å². The fourth-order valence-electron chi connectivity index (χ4n) is 3.61. The van der Waals surface area contributed by atoms with Crippen molar-refractivity contribution in [2.75, 3.05) is 37.7 Å². The van der Waals surface area contributed by atoms with Gasteiger partial charge in [-0.3, -0.25) is 9.80 Å². The molecule has 0 N–H and O–H groups in total. The van der Waals surface area contributed by atoms with Crippen LogP contribution in [0.1, 0.15) is 12.3 Å². The van der Waals surface area contributed by atoms with Gasteiger partial charge >= 0.3 is 0 Å². The lowest BCUT2D eigenvalue weighted by Gasteiger charge is -2.37. The fourth-order valence-corrected chi connectivity index (χ4v) is 5.56. The minimum absolute atomic E-state index is 0.181. The second-order valence-corrected chi connectivity index (χ2v) is 9.56. The summed E-state index contributed by atoms with van der Waals surface area (Å²) >= 11 is 6.01. The number of sulfone groups is 1. The summed E-state index contributed by atoms with van der Waals surface area (Å²) in [5, 5.41) is 4.68. The fraction of sp³-hybridized carbons (Fsp3) is 0.529. The van der Waals surface area contributed by atoms with Gasteiger partial charge in [0.05, 0.1) is 18.1 Å². The van der Waals surface area contributed by atoms with Crippen LogP contribution in [0.4, 0.5) is 0 Å². The molecule has 140 valence electrons. The molecule has 2 aliphatic heterocycles. The van der Waals surface area contributed by atoms with E-state index in [1.165, 1.54) is 0 Å². The van der Waals surface area contributed by atoms with E-state index in [1.54, 1.807) is 6.07 Å². The van der Waals surface area contributed by atoms with Gasteiger partial charge in [0.1, 0.15) is 0 Å². The Balaban J connectivity index is 1.32. The molecule has 0 aliphatic carbocycles. The molecule has 0 spiro atoms. The van der Waals surface area contributed by atoms with Gasteiger partial charge < -0.3 is 4.52 Å². The molecule has 1 unspecified atom stereocenters. The lowest BCUT2D eigenvalue weighted by atomic mass is 10.2. The lowest BCUT2D eigenvalue weighted by Crippen LogP contribution is -2.50. The number of halogens is 1. The summed E-state index contributed by atoms with van der Waals surface area (Å²) in [5.41, 5.74) is 0.833. The first-order valence-electron chi connectivity index (χ1n) is 8.74. The van der Waals surface area contributed by atoms with Crippen molar-refractivity contribution in [2.24, 2.45) is 0 Å². The predicted molar refractivity (Wildman–Crippen MR) is 98.7 cm³/mol. The maximum absolute atomic E-state index is 11.7. The molecule has 3 heterocycles. The van der Waals surface area contributed by atoms with Gasteiger partial charge in [-0.1, -0.05) is 28.9 Å². The van der Waals surface area contributed by atoms with E-state index in [0.717, 1.165) is 38.2 Å². The smallest absolute Gasteiger partial charge is 0.241 e. The highest BCUT2D eigenvalue weighted by Gasteiger charge is 2.33. The Morgan fingerprint density at radius 1 is 1.23 bits per heavy atom. The number of aromatic nitrogens is 2. The molecule has 0 saturated carbocycles. The highest BCUT2D eigenvalue weighted by atomic mass is 35.5. The molecule has 9 heteroatoms. The summed E-state index contributed by atoms with van der Waals surface area (Å²) in [5.74, 6) is 1.75. The third-order valence-electron chi connectivity index (χ3n) is 5.04. The van der Waals surface area contributed by atoms with E-state index in [-0.39, 0.29) is 6.04 Å². The number of piperazine rings is 1. The Bertz CT molecular complexity index is 878. The van der Waals surface area contributed by atoms with Crippen molar-refractivity contribution in [1.29, 1.82) is 0 Å². The molecule has 7 nitrogen and oxygen atoms in total. The molecule has 2 saturated heterocycles. The molecule has 1 aromatic carbocycles. The predicted octanol–water partition coefficient (Wildman–Crippen LogP) is 1.69. The van der Waals surface area contributed by atoms with Gasteiger partial charge in [-0.25, -0.2) is 8.42 Å². The van der Waals surface area contributed by atoms with Crippen LogP contribution >= 0.6 is 11.6 Å². The van der Waals surface area contributed by atoms with E-state index in [9.17, 15) is 8.42 Å². The SMILES string of the molecule is O=S1(=O)CCC(N2CCN(Cc3nc(-c4cccc(Cl)c4)no3)CC2)C1. The average Bonchev–Trinajstić information content (AvgIpc) is 3.22. The Hall–Kier alpha value is -1.48. The van der Waals surface area contributed by atoms with Crippen LogP contribution < -0.4 is 0 Å². The molecular weight excluding hydrogens is 376 g/mol. The first kappa shape index (κ1) is 17.9. The standard InChI is InChI=1S/C17H21ClN4O3S/c18-14-3-1-2-13(10-14)17-19-16(25-20-17)11-21-5-7-22(8-6-21)15-4-9-26(23,24)12-15/h1-3,10,15H,4-9,11-12H2. The van der Waals surface area contributed by atoms with Crippen LogP contribution in [-0.4, -0.2) is 72.1 Å². The average molecular weight is 397 g/mol. The molecule has 0 radical (unpaired) electrons. The first-order valence-corrected chi connectivity index (χ1v) is 10.9. The molecule has 26 heavy (non-hydrogen) atoms. The maximum Gasteiger partial charge on any atom is 0.241 e. The van der Waals surface area contributed by atoms with Crippen LogP contribution in [0.25, 0.3) is 11.4 Å². The zero-order valence-corrected chi connectivity index (χ0v) is 15.9. The third-order valence-corrected chi connectivity index (χ3v) is 7.03. The van der Waals surface area contributed by atoms with Crippen LogP contribution in [0.3, 0.4) is 0 Å². The van der Waals surface area contributed by atoms with E-state index in [0.29, 0.717) is 34.8 Å². The van der Waals surface area contributed by atoms with Gasteiger partial charge in [-0.05, 0) is 18.6 Å². The number of rotatable bonds is 4. The van der Waals surface area contributed by atoms with Crippen molar-refractivity contribution in [2.45, 2.75) is 19.0 Å². The van der Waals surface area contributed by atoms with Crippen molar-refractivity contribution < 1.29 is 12.9 Å². The zero-order chi connectivity index (χ0) is 18.1. The second-order valence-electron chi connectivity index (χ2n) is 6.89. The van der Waals surface area contributed by atoms with Gasteiger partial charge in [0, 0.05) is 42.8 Å². The Labute approximate surface area is 157 Å². The maximum atomic E-state index is 11.7. The Morgan fingerprint density at radius 2 is 2.04 bits per heavy atom. The van der Waals surface area contributed by atoms with Gasteiger partial charge in [-0.15, -0.1) is 0 Å². The van der Waals surface area contributed by atoms with Crippen molar-refractivity contribution in [3.05, 3.63) is 35.2 Å². The summed E-state index contributed by atoms with van der Waals surface area (Å²) in [7, 11) is -2.83. The normalized spacial score (nSPS) is 24.1. The van der Waals surface area contributed by atoms with Gasteiger partial charge in [0.25, 0.3) is 0 Å². The van der Waals surface area contributed by atoms with Crippen LogP contribution in [0.15, 0.2) is 28.8 Å². The first-order chi connectivity index (χ1) is 12.5. The van der Waals surface area contributed by atoms with Gasteiger partial charge in [-0.2, -0.15) is 4.98 Å². The summed E-state index contributed by atoms with van der Waals surface area (Å²) < 4.78 is 28.7. The van der Waals surface area contributed by atoms with Crippen LogP contribution in [-0.2, 0) is 16.4 Å². The van der Waals surface area contributed by atoms with Crippen molar-refractivity contribution in [1.82, 2.24) is 19.9 Å². The van der Waals surface area contributed by atoms with Crippen LogP contribution in [0, 0.1) is 0 Å². The summed E-state index contributed by atoms with van der Waals surface area (Å²) in [6, 6.07) is 7.55. The highest BCUT2D eigenvalue weighted by Crippen LogP contribution is 2.22. The van der Waals surface area contributed by atoms with E-state index < -0.39 is 9.84 Å². The second kappa shape index (κ2) is 7.26. The molecule has 0 amide bonds. The molecule has 4 rings (SSSR count). The van der Waals surface area contributed by atoms with Crippen molar-refractivity contribution in [3.63, 3.8) is 0 Å². The molecule has 2 aliphatic rings. The molecule has 1 aromatic heterocycles. The molecule has 1 atom stereocenters. The van der Waals surface area contributed by atoms with Crippen molar-refractivity contribution in [3.8, 4) is 11.4 Å². The monoisotopic (exact) mass is 396 g/mol. The van der Waals surface area contributed by atoms with Crippen molar-refractivity contribution >= 4 is 21.4 Å². The van der Waals surface area contributed by atoms with E-state index in [1.807, 2.05) is 18.2 Å². The minimum atomic E-state index is -2.83. The third kappa shape index (κ3) is 4.09. The number of hydrogen-bond donors (Lipinski definition) is 0. The lowest BCUT2D eigenvalue weighted by molar-refractivity contribution is 0.0926. The molecule has 0 bridgehead atoms. The molecule has 2 aromatic rings. The largest absolute Gasteiger partial charge is 0.338 e.